The molecule has 4 aromatic rings. The number of benzene rings is 3. The maximum atomic E-state index is 12.9. The minimum atomic E-state index is -0.690. The third-order valence-corrected chi connectivity index (χ3v) is 4.54. The number of nitrogens with one attached hydrogen (secondary N) is 2. The van der Waals surface area contributed by atoms with Crippen molar-refractivity contribution < 1.29 is 14.8 Å². The number of hydrogen-bond donors (Lipinski definition) is 3. The SMILES string of the molecule is N#Cc1cn[nH]c1/N=N/c1c(O)c(C(=O)Nc2cccc([N+](=O)[O-])c2)cc2ccccc12. The van der Waals surface area contributed by atoms with Crippen molar-refractivity contribution in [2.75, 3.05) is 5.32 Å². The Bertz CT molecular complexity index is 1440. The van der Waals surface area contributed by atoms with Gasteiger partial charge in [-0.25, -0.2) is 0 Å². The van der Waals surface area contributed by atoms with Crippen LogP contribution < -0.4 is 5.32 Å². The van der Waals surface area contributed by atoms with Crippen LogP contribution in [0.1, 0.15) is 15.9 Å². The number of carbonyl (C=O) groups is 1. The van der Waals surface area contributed by atoms with Crippen molar-refractivity contribution in [3.63, 3.8) is 0 Å². The normalized spacial score (nSPS) is 10.8. The van der Waals surface area contributed by atoms with E-state index in [1.54, 1.807) is 24.3 Å². The molecular weight excluding hydrogens is 414 g/mol. The number of aromatic nitrogens is 2. The molecule has 11 nitrogen and oxygen atoms in total. The molecule has 11 heteroatoms. The average molecular weight is 427 g/mol. The van der Waals surface area contributed by atoms with Gasteiger partial charge in [-0.3, -0.25) is 20.0 Å². The number of aromatic amines is 1. The second kappa shape index (κ2) is 8.33. The fraction of sp³-hybridized carbons (Fsp3) is 0. The number of non-ortho nitro benzene ring substituents is 1. The fourth-order valence-corrected chi connectivity index (χ4v) is 3.02. The number of nitro groups is 1. The molecule has 0 bridgehead atoms. The predicted octanol–water partition coefficient (Wildman–Crippen LogP) is 4.72. The van der Waals surface area contributed by atoms with Gasteiger partial charge < -0.3 is 10.4 Å². The lowest BCUT2D eigenvalue weighted by atomic mass is 10.0. The van der Waals surface area contributed by atoms with Crippen LogP contribution in [0.4, 0.5) is 22.9 Å². The Kier molecular flexibility index (Phi) is 5.25. The number of amides is 1. The maximum absolute atomic E-state index is 12.9. The Labute approximate surface area is 179 Å². The van der Waals surface area contributed by atoms with Gasteiger partial charge in [-0.15, -0.1) is 10.2 Å². The van der Waals surface area contributed by atoms with Gasteiger partial charge in [-0.2, -0.15) is 10.4 Å². The minimum absolute atomic E-state index is 0.0192. The zero-order chi connectivity index (χ0) is 22.7. The molecule has 0 fully saturated rings. The number of aromatic hydroxyl groups is 1. The highest BCUT2D eigenvalue weighted by molar-refractivity contribution is 6.11. The summed E-state index contributed by atoms with van der Waals surface area (Å²) in [6.45, 7) is 0. The molecule has 0 unspecified atom stereocenters. The fourth-order valence-electron chi connectivity index (χ4n) is 3.02. The van der Waals surface area contributed by atoms with Gasteiger partial charge >= 0.3 is 0 Å². The van der Waals surface area contributed by atoms with E-state index >= 15 is 0 Å². The molecular formula is C21H13N7O4. The molecule has 32 heavy (non-hydrogen) atoms. The van der Waals surface area contributed by atoms with Gasteiger partial charge in [0.1, 0.15) is 17.3 Å². The molecule has 4 rings (SSSR count). The van der Waals surface area contributed by atoms with Gasteiger partial charge in [0.25, 0.3) is 11.6 Å². The number of phenols is 1. The van der Waals surface area contributed by atoms with Crippen molar-refractivity contribution in [3.05, 3.63) is 82.0 Å². The molecule has 3 N–H and O–H groups in total. The van der Waals surface area contributed by atoms with E-state index < -0.39 is 16.6 Å². The molecule has 0 aliphatic rings. The molecule has 0 saturated heterocycles. The number of nitro benzene ring substituents is 1. The number of carbonyl (C=O) groups excluding carboxylic acids is 1. The summed E-state index contributed by atoms with van der Waals surface area (Å²) in [6, 6.07) is 15.7. The van der Waals surface area contributed by atoms with Crippen LogP contribution in [-0.2, 0) is 0 Å². The molecule has 0 aliphatic heterocycles. The van der Waals surface area contributed by atoms with E-state index in [0.29, 0.717) is 10.8 Å². The predicted molar refractivity (Wildman–Crippen MR) is 114 cm³/mol. The first-order valence-corrected chi connectivity index (χ1v) is 9.13. The maximum Gasteiger partial charge on any atom is 0.271 e. The van der Waals surface area contributed by atoms with Crippen molar-refractivity contribution >= 4 is 39.6 Å². The quantitative estimate of drug-likeness (QED) is 0.236. The second-order valence-corrected chi connectivity index (χ2v) is 6.55. The summed E-state index contributed by atoms with van der Waals surface area (Å²) in [7, 11) is 0. The number of nitriles is 1. The van der Waals surface area contributed by atoms with E-state index in [-0.39, 0.29) is 34.0 Å². The average Bonchev–Trinajstić information content (AvgIpc) is 3.25. The number of anilines is 1. The number of phenolic OH excluding ortho intramolecular Hbond substituents is 1. The van der Waals surface area contributed by atoms with Gasteiger partial charge in [0.15, 0.2) is 11.6 Å². The van der Waals surface area contributed by atoms with Gasteiger partial charge in [0.2, 0.25) is 0 Å². The third kappa shape index (κ3) is 3.83. The summed E-state index contributed by atoms with van der Waals surface area (Å²) in [6.07, 6.45) is 1.29. The molecule has 1 aromatic heterocycles. The van der Waals surface area contributed by atoms with Crippen LogP contribution in [-0.4, -0.2) is 26.1 Å². The summed E-state index contributed by atoms with van der Waals surface area (Å²) < 4.78 is 0. The lowest BCUT2D eigenvalue weighted by Crippen LogP contribution is -2.12. The molecule has 156 valence electrons. The first kappa shape index (κ1) is 20.2. The molecule has 1 amide bonds. The Morgan fingerprint density at radius 2 is 2.00 bits per heavy atom. The summed E-state index contributed by atoms with van der Waals surface area (Å²) >= 11 is 0. The number of nitrogens with zero attached hydrogens (tertiary/aromatic N) is 5. The molecule has 1 heterocycles. The van der Waals surface area contributed by atoms with Crippen LogP contribution in [0.15, 0.2) is 71.0 Å². The van der Waals surface area contributed by atoms with E-state index in [4.69, 9.17) is 5.26 Å². The number of fused-ring (bicyclic) bond motifs is 1. The molecule has 0 spiro atoms. The minimum Gasteiger partial charge on any atom is -0.505 e. The number of azo groups is 1. The Morgan fingerprint density at radius 1 is 1.19 bits per heavy atom. The van der Waals surface area contributed by atoms with E-state index in [9.17, 15) is 20.0 Å². The molecule has 3 aromatic carbocycles. The largest absolute Gasteiger partial charge is 0.505 e. The third-order valence-electron chi connectivity index (χ3n) is 4.54. The summed E-state index contributed by atoms with van der Waals surface area (Å²) in [4.78, 5) is 23.3. The first-order valence-electron chi connectivity index (χ1n) is 9.13. The molecule has 0 radical (unpaired) electrons. The van der Waals surface area contributed by atoms with E-state index in [2.05, 4.69) is 25.7 Å². The van der Waals surface area contributed by atoms with Gasteiger partial charge in [-0.1, -0.05) is 30.3 Å². The monoisotopic (exact) mass is 427 g/mol. The van der Waals surface area contributed by atoms with Crippen molar-refractivity contribution in [1.29, 1.82) is 5.26 Å². The van der Waals surface area contributed by atoms with Gasteiger partial charge in [0.05, 0.1) is 16.7 Å². The lowest BCUT2D eigenvalue weighted by Gasteiger charge is -2.11. The van der Waals surface area contributed by atoms with Gasteiger partial charge in [-0.05, 0) is 17.5 Å². The molecule has 0 aliphatic carbocycles. The van der Waals surface area contributed by atoms with Crippen LogP contribution in [0.25, 0.3) is 10.8 Å². The molecule has 0 saturated carbocycles. The number of hydrogen-bond acceptors (Lipinski definition) is 8. The smallest absolute Gasteiger partial charge is 0.271 e. The zero-order valence-corrected chi connectivity index (χ0v) is 16.2. The highest BCUT2D eigenvalue weighted by atomic mass is 16.6. The first-order chi connectivity index (χ1) is 15.5. The van der Waals surface area contributed by atoms with Crippen molar-refractivity contribution in [1.82, 2.24) is 10.2 Å². The van der Waals surface area contributed by atoms with E-state index in [1.807, 2.05) is 6.07 Å². The van der Waals surface area contributed by atoms with E-state index in [1.165, 1.54) is 36.5 Å². The standard InChI is InChI=1S/C21H13N7O4/c22-10-13-11-23-26-20(13)27-25-18-16-7-2-1-4-12(16)8-17(19(18)29)21(30)24-14-5-3-6-15(9-14)28(31)32/h1-9,11,29H,(H,23,26)(H,24,30)/b27-25+. The zero-order valence-electron chi connectivity index (χ0n) is 16.2. The Balaban J connectivity index is 1.76. The van der Waals surface area contributed by atoms with Gasteiger partial charge in [0, 0.05) is 23.2 Å². The van der Waals surface area contributed by atoms with Crippen LogP contribution >= 0.6 is 0 Å². The summed E-state index contributed by atoms with van der Waals surface area (Å²) in [5.74, 6) is -1.03. The highest BCUT2D eigenvalue weighted by Crippen LogP contribution is 2.39. The highest BCUT2D eigenvalue weighted by Gasteiger charge is 2.19. The van der Waals surface area contributed by atoms with Crippen molar-refractivity contribution in [2.24, 2.45) is 10.2 Å². The van der Waals surface area contributed by atoms with Crippen LogP contribution in [0.2, 0.25) is 0 Å². The second-order valence-electron chi connectivity index (χ2n) is 6.55. The van der Waals surface area contributed by atoms with Crippen molar-refractivity contribution in [2.45, 2.75) is 0 Å². The van der Waals surface area contributed by atoms with Crippen LogP contribution in [0, 0.1) is 21.4 Å². The number of rotatable bonds is 5. The summed E-state index contributed by atoms with van der Waals surface area (Å²) in [5, 5.41) is 48.8. The van der Waals surface area contributed by atoms with E-state index in [0.717, 1.165) is 0 Å². The number of H-pyrrole nitrogens is 1. The Morgan fingerprint density at radius 3 is 2.78 bits per heavy atom. The lowest BCUT2D eigenvalue weighted by molar-refractivity contribution is -0.384. The van der Waals surface area contributed by atoms with Crippen LogP contribution in [0.3, 0.4) is 0 Å². The van der Waals surface area contributed by atoms with Crippen LogP contribution in [0.5, 0.6) is 5.75 Å². The molecule has 0 atom stereocenters. The topological polar surface area (TPSA) is 170 Å². The Hall–Kier alpha value is -5.11. The summed E-state index contributed by atoms with van der Waals surface area (Å²) in [5.41, 5.74) is 0.0844. The van der Waals surface area contributed by atoms with Crippen molar-refractivity contribution in [3.8, 4) is 11.8 Å².